The molecule has 1 saturated carbocycles. The van der Waals surface area contributed by atoms with Crippen molar-refractivity contribution in [2.24, 2.45) is 5.73 Å². The van der Waals surface area contributed by atoms with Gasteiger partial charge in [0, 0.05) is 10.7 Å². The van der Waals surface area contributed by atoms with Crippen molar-refractivity contribution in [2.75, 3.05) is 11.4 Å². The van der Waals surface area contributed by atoms with Gasteiger partial charge < -0.3 is 10.8 Å². The van der Waals surface area contributed by atoms with E-state index in [-0.39, 0.29) is 5.91 Å². The minimum absolute atomic E-state index is 0.327. The van der Waals surface area contributed by atoms with Crippen molar-refractivity contribution < 1.29 is 14.7 Å². The number of benzene rings is 1. The Kier molecular flexibility index (Phi) is 4.85. The third-order valence-electron chi connectivity index (χ3n) is 3.85. The Morgan fingerprint density at radius 2 is 1.76 bits per heavy atom. The Balaban J connectivity index is 2.28. The van der Waals surface area contributed by atoms with Crippen LogP contribution in [0.15, 0.2) is 24.3 Å². The highest BCUT2D eigenvalue weighted by Gasteiger charge is 2.39. The first kappa shape index (κ1) is 15.8. The highest BCUT2D eigenvalue weighted by Crippen LogP contribution is 2.30. The van der Waals surface area contributed by atoms with Crippen molar-refractivity contribution in [3.05, 3.63) is 29.3 Å². The van der Waals surface area contributed by atoms with E-state index in [4.69, 9.17) is 22.4 Å². The first-order chi connectivity index (χ1) is 9.92. The van der Waals surface area contributed by atoms with E-state index in [1.165, 1.54) is 4.90 Å². The zero-order valence-corrected chi connectivity index (χ0v) is 12.5. The smallest absolute Gasteiger partial charge is 0.323 e. The van der Waals surface area contributed by atoms with E-state index in [9.17, 15) is 9.59 Å². The van der Waals surface area contributed by atoms with Gasteiger partial charge in [-0.05, 0) is 37.1 Å². The molecule has 21 heavy (non-hydrogen) atoms. The number of carbonyl (C=O) groups is 2. The number of anilines is 1. The number of rotatable bonds is 4. The van der Waals surface area contributed by atoms with Crippen LogP contribution in [0.25, 0.3) is 0 Å². The zero-order chi connectivity index (χ0) is 15.5. The zero-order valence-electron chi connectivity index (χ0n) is 11.7. The molecular formula is C15H19ClN2O3. The lowest BCUT2D eigenvalue weighted by atomic mass is 9.81. The molecule has 0 aliphatic heterocycles. The fourth-order valence-corrected chi connectivity index (χ4v) is 2.83. The number of carboxylic acid groups (broad SMARTS) is 1. The van der Waals surface area contributed by atoms with Gasteiger partial charge in [-0.15, -0.1) is 0 Å². The Hall–Kier alpha value is -1.59. The molecule has 0 radical (unpaired) electrons. The Morgan fingerprint density at radius 1 is 1.19 bits per heavy atom. The largest absolute Gasteiger partial charge is 0.480 e. The summed E-state index contributed by atoms with van der Waals surface area (Å²) < 4.78 is 0. The van der Waals surface area contributed by atoms with Crippen LogP contribution in [0.1, 0.15) is 32.1 Å². The van der Waals surface area contributed by atoms with Gasteiger partial charge in [0.1, 0.15) is 6.54 Å². The molecule has 0 saturated heterocycles. The molecule has 1 fully saturated rings. The van der Waals surface area contributed by atoms with Crippen molar-refractivity contribution in [2.45, 2.75) is 37.6 Å². The molecule has 1 amide bonds. The van der Waals surface area contributed by atoms with Crippen LogP contribution in [-0.2, 0) is 9.59 Å². The number of halogens is 1. The Morgan fingerprint density at radius 3 is 2.29 bits per heavy atom. The minimum atomic E-state index is -1.07. The summed E-state index contributed by atoms with van der Waals surface area (Å²) in [6, 6.07) is 6.52. The topological polar surface area (TPSA) is 83.6 Å². The lowest BCUT2D eigenvalue weighted by Crippen LogP contribution is -2.57. The second kappa shape index (κ2) is 6.45. The van der Waals surface area contributed by atoms with Gasteiger partial charge in [-0.1, -0.05) is 30.9 Å². The summed E-state index contributed by atoms with van der Waals surface area (Å²) in [4.78, 5) is 25.1. The molecule has 0 aromatic heterocycles. The summed E-state index contributed by atoms with van der Waals surface area (Å²) in [5.41, 5.74) is 5.77. The van der Waals surface area contributed by atoms with Gasteiger partial charge in [0.05, 0.1) is 5.54 Å². The fourth-order valence-electron chi connectivity index (χ4n) is 2.70. The number of aliphatic carboxylic acids is 1. The van der Waals surface area contributed by atoms with Crippen LogP contribution < -0.4 is 10.6 Å². The van der Waals surface area contributed by atoms with E-state index in [0.29, 0.717) is 23.6 Å². The van der Waals surface area contributed by atoms with Gasteiger partial charge >= 0.3 is 5.97 Å². The maximum absolute atomic E-state index is 12.7. The molecule has 0 heterocycles. The summed E-state index contributed by atoms with van der Waals surface area (Å²) in [6.45, 7) is -0.403. The molecule has 114 valence electrons. The third kappa shape index (κ3) is 3.74. The molecule has 0 bridgehead atoms. The summed E-state index contributed by atoms with van der Waals surface area (Å²) in [7, 11) is 0. The van der Waals surface area contributed by atoms with Crippen LogP contribution >= 0.6 is 11.6 Å². The summed E-state index contributed by atoms with van der Waals surface area (Å²) >= 11 is 5.83. The molecule has 3 N–H and O–H groups in total. The highest BCUT2D eigenvalue weighted by atomic mass is 35.5. The van der Waals surface area contributed by atoms with E-state index in [1.807, 2.05) is 0 Å². The molecule has 1 aromatic rings. The number of amides is 1. The van der Waals surface area contributed by atoms with Crippen molar-refractivity contribution in [1.29, 1.82) is 0 Å². The number of nitrogens with two attached hydrogens (primary N) is 1. The van der Waals surface area contributed by atoms with Gasteiger partial charge in [0.2, 0.25) is 5.91 Å². The lowest BCUT2D eigenvalue weighted by Gasteiger charge is -2.36. The molecule has 0 spiro atoms. The highest BCUT2D eigenvalue weighted by molar-refractivity contribution is 6.30. The van der Waals surface area contributed by atoms with Crippen molar-refractivity contribution in [1.82, 2.24) is 0 Å². The summed E-state index contributed by atoms with van der Waals surface area (Å²) in [5, 5.41) is 9.60. The fraction of sp³-hybridized carbons (Fsp3) is 0.467. The van der Waals surface area contributed by atoms with Gasteiger partial charge in [0.15, 0.2) is 0 Å². The van der Waals surface area contributed by atoms with Gasteiger partial charge in [0.25, 0.3) is 0 Å². The van der Waals surface area contributed by atoms with Crippen molar-refractivity contribution >= 4 is 29.2 Å². The first-order valence-electron chi connectivity index (χ1n) is 7.00. The summed E-state index contributed by atoms with van der Waals surface area (Å²) in [6.07, 6.45) is 4.03. The maximum Gasteiger partial charge on any atom is 0.323 e. The van der Waals surface area contributed by atoms with Gasteiger partial charge in [-0.25, -0.2) is 0 Å². The SMILES string of the molecule is NC1(C(=O)N(CC(=O)O)c2ccc(Cl)cc2)CCCCC1. The standard InChI is InChI=1S/C15H19ClN2O3/c16-11-4-6-12(7-5-11)18(10-13(19)20)14(21)15(17)8-2-1-3-9-15/h4-7H,1-3,8-10,17H2,(H,19,20). The number of carbonyl (C=O) groups excluding carboxylic acids is 1. The molecule has 1 aliphatic rings. The lowest BCUT2D eigenvalue weighted by molar-refractivity contribution is -0.137. The Labute approximate surface area is 128 Å². The van der Waals surface area contributed by atoms with E-state index >= 15 is 0 Å². The molecule has 2 rings (SSSR count). The Bertz CT molecular complexity index is 524. The van der Waals surface area contributed by atoms with Crippen LogP contribution in [0.5, 0.6) is 0 Å². The maximum atomic E-state index is 12.7. The molecule has 5 nitrogen and oxygen atoms in total. The van der Waals surface area contributed by atoms with Crippen molar-refractivity contribution in [3.63, 3.8) is 0 Å². The molecule has 1 aliphatic carbocycles. The number of hydrogen-bond acceptors (Lipinski definition) is 3. The van der Waals surface area contributed by atoms with Crippen LogP contribution in [0.4, 0.5) is 5.69 Å². The molecule has 6 heteroatoms. The number of hydrogen-bond donors (Lipinski definition) is 2. The van der Waals surface area contributed by atoms with E-state index < -0.39 is 18.1 Å². The van der Waals surface area contributed by atoms with E-state index in [1.54, 1.807) is 24.3 Å². The van der Waals surface area contributed by atoms with Crippen molar-refractivity contribution in [3.8, 4) is 0 Å². The van der Waals surface area contributed by atoms with Gasteiger partial charge in [-0.2, -0.15) is 0 Å². The third-order valence-corrected chi connectivity index (χ3v) is 4.10. The van der Waals surface area contributed by atoms with Crippen LogP contribution in [0, 0.1) is 0 Å². The monoisotopic (exact) mass is 310 g/mol. The normalized spacial score (nSPS) is 17.2. The first-order valence-corrected chi connectivity index (χ1v) is 7.38. The number of carboxylic acids is 1. The minimum Gasteiger partial charge on any atom is -0.480 e. The van der Waals surface area contributed by atoms with Crippen LogP contribution in [0.3, 0.4) is 0 Å². The molecule has 1 aromatic carbocycles. The summed E-state index contributed by atoms with van der Waals surface area (Å²) in [5.74, 6) is -1.40. The molecule has 0 atom stereocenters. The second-order valence-electron chi connectivity index (χ2n) is 5.48. The second-order valence-corrected chi connectivity index (χ2v) is 5.91. The predicted octanol–water partition coefficient (Wildman–Crippen LogP) is 2.42. The van der Waals surface area contributed by atoms with Crippen LogP contribution in [0.2, 0.25) is 5.02 Å². The quantitative estimate of drug-likeness (QED) is 0.894. The average molecular weight is 311 g/mol. The van der Waals surface area contributed by atoms with Gasteiger partial charge in [-0.3, -0.25) is 14.5 Å². The molecular weight excluding hydrogens is 292 g/mol. The predicted molar refractivity (Wildman–Crippen MR) is 81.4 cm³/mol. The van der Waals surface area contributed by atoms with E-state index in [2.05, 4.69) is 0 Å². The van der Waals surface area contributed by atoms with Crippen LogP contribution in [-0.4, -0.2) is 29.1 Å². The van der Waals surface area contributed by atoms with E-state index in [0.717, 1.165) is 19.3 Å². The number of nitrogens with zero attached hydrogens (tertiary/aromatic N) is 1. The molecule has 0 unspecified atom stereocenters. The average Bonchev–Trinajstić information content (AvgIpc) is 2.46.